The van der Waals surface area contributed by atoms with E-state index in [4.69, 9.17) is 9.84 Å². The molecule has 0 aliphatic rings. The molecule has 4 heteroatoms. The van der Waals surface area contributed by atoms with Crippen LogP contribution in [0.5, 0.6) is 0 Å². The number of hydrogen-bond donors (Lipinski definition) is 1. The van der Waals surface area contributed by atoms with E-state index in [0.29, 0.717) is 12.4 Å². The lowest BCUT2D eigenvalue weighted by Gasteiger charge is -1.98. The number of aliphatic hydroxyl groups is 1. The molecule has 0 saturated heterocycles. The summed E-state index contributed by atoms with van der Waals surface area (Å²) in [5.41, 5.74) is 0.907. The lowest BCUT2D eigenvalue weighted by Crippen LogP contribution is -1.96. The van der Waals surface area contributed by atoms with Gasteiger partial charge in [-0.2, -0.15) is 0 Å². The predicted octanol–water partition coefficient (Wildman–Crippen LogP) is 1.14. The smallest absolute Gasteiger partial charge is 0.153 e. The molecule has 0 saturated carbocycles. The molecule has 1 heterocycles. The van der Waals surface area contributed by atoms with Crippen LogP contribution in [0.2, 0.25) is 0 Å². The predicted molar refractivity (Wildman–Crippen MR) is 50.0 cm³/mol. The molecule has 0 spiro atoms. The molecule has 1 N–H and O–H groups in total. The summed E-state index contributed by atoms with van der Waals surface area (Å²) in [6, 6.07) is 0. The molecule has 0 atom stereocenters. The van der Waals surface area contributed by atoms with Crippen LogP contribution >= 0.6 is 0 Å². The highest BCUT2D eigenvalue weighted by atomic mass is 16.5. The molecule has 4 nitrogen and oxygen atoms in total. The normalized spacial score (nSPS) is 8.92. The number of ether oxygens (including phenoxy) is 1. The first-order valence-corrected chi connectivity index (χ1v) is 4.26. The van der Waals surface area contributed by atoms with Crippen molar-refractivity contribution in [2.75, 3.05) is 7.11 Å². The Bertz CT molecular complexity index is 211. The van der Waals surface area contributed by atoms with Crippen molar-refractivity contribution in [1.29, 1.82) is 0 Å². The van der Waals surface area contributed by atoms with Crippen LogP contribution in [-0.2, 0) is 18.0 Å². The van der Waals surface area contributed by atoms with Crippen LogP contribution in [0.1, 0.15) is 25.2 Å². The van der Waals surface area contributed by atoms with Gasteiger partial charge in [0.1, 0.15) is 6.61 Å². The second-order valence-electron chi connectivity index (χ2n) is 2.10. The van der Waals surface area contributed by atoms with E-state index >= 15 is 0 Å². The summed E-state index contributed by atoms with van der Waals surface area (Å²) in [4.78, 5) is 7.75. The van der Waals surface area contributed by atoms with E-state index in [0.717, 1.165) is 5.56 Å². The minimum Gasteiger partial charge on any atom is -0.388 e. The number of aromatic nitrogens is 2. The van der Waals surface area contributed by atoms with Crippen molar-refractivity contribution in [3.8, 4) is 0 Å². The molecule has 74 valence electrons. The Labute approximate surface area is 78.6 Å². The van der Waals surface area contributed by atoms with Crippen molar-refractivity contribution in [2.45, 2.75) is 27.1 Å². The van der Waals surface area contributed by atoms with Crippen molar-refractivity contribution in [2.24, 2.45) is 0 Å². The van der Waals surface area contributed by atoms with E-state index in [9.17, 15) is 0 Å². The molecular weight excluding hydrogens is 168 g/mol. The molecule has 0 radical (unpaired) electrons. The molecule has 1 aromatic rings. The topological polar surface area (TPSA) is 55.2 Å². The molecule has 0 amide bonds. The van der Waals surface area contributed by atoms with E-state index in [1.54, 1.807) is 19.5 Å². The fourth-order valence-corrected chi connectivity index (χ4v) is 0.704. The van der Waals surface area contributed by atoms with Gasteiger partial charge in [-0.3, -0.25) is 0 Å². The highest BCUT2D eigenvalue weighted by Gasteiger charge is 1.94. The zero-order chi connectivity index (χ0) is 10.1. The summed E-state index contributed by atoms with van der Waals surface area (Å²) < 4.78 is 4.86. The molecule has 1 aromatic heterocycles. The van der Waals surface area contributed by atoms with Gasteiger partial charge in [0.25, 0.3) is 0 Å². The molecule has 0 aromatic carbocycles. The van der Waals surface area contributed by atoms with Crippen molar-refractivity contribution in [3.05, 3.63) is 23.8 Å². The van der Waals surface area contributed by atoms with Crippen LogP contribution in [0, 0.1) is 0 Å². The maximum absolute atomic E-state index is 8.60. The fourth-order valence-electron chi connectivity index (χ4n) is 0.704. The lowest BCUT2D eigenvalue weighted by molar-refractivity contribution is 0.184. The van der Waals surface area contributed by atoms with E-state index in [1.807, 2.05) is 13.8 Å². The summed E-state index contributed by atoms with van der Waals surface area (Å²) in [5.74, 6) is 0.435. The van der Waals surface area contributed by atoms with Crippen molar-refractivity contribution in [3.63, 3.8) is 0 Å². The van der Waals surface area contributed by atoms with Crippen molar-refractivity contribution >= 4 is 0 Å². The zero-order valence-corrected chi connectivity index (χ0v) is 8.32. The van der Waals surface area contributed by atoms with Crippen LogP contribution < -0.4 is 0 Å². The van der Waals surface area contributed by atoms with Crippen LogP contribution in [0.3, 0.4) is 0 Å². The van der Waals surface area contributed by atoms with Crippen LogP contribution in [0.4, 0.5) is 0 Å². The third-order valence-corrected chi connectivity index (χ3v) is 1.21. The number of nitrogens with zero attached hydrogens (tertiary/aromatic N) is 2. The molecule has 0 bridgehead atoms. The van der Waals surface area contributed by atoms with Crippen molar-refractivity contribution in [1.82, 2.24) is 9.97 Å². The quantitative estimate of drug-likeness (QED) is 0.765. The Balaban J connectivity index is 0.000000671. The van der Waals surface area contributed by atoms with E-state index in [2.05, 4.69) is 9.97 Å². The minimum absolute atomic E-state index is 0.118. The monoisotopic (exact) mass is 184 g/mol. The number of aliphatic hydroxyl groups excluding tert-OH is 1. The third kappa shape index (κ3) is 4.55. The molecule has 0 aliphatic heterocycles. The second-order valence-corrected chi connectivity index (χ2v) is 2.10. The maximum Gasteiger partial charge on any atom is 0.153 e. The van der Waals surface area contributed by atoms with Crippen molar-refractivity contribution < 1.29 is 9.84 Å². The molecular formula is C9H16N2O2. The fraction of sp³-hybridized carbons (Fsp3) is 0.556. The minimum atomic E-state index is -0.118. The highest BCUT2D eigenvalue weighted by molar-refractivity contribution is 5.03. The summed E-state index contributed by atoms with van der Waals surface area (Å²) in [6.45, 7) is 4.39. The SMILES string of the molecule is CC.COCc1cnc(CO)nc1. The highest BCUT2D eigenvalue weighted by Crippen LogP contribution is 1.96. The van der Waals surface area contributed by atoms with Gasteiger partial charge < -0.3 is 9.84 Å². The Morgan fingerprint density at radius 2 is 1.85 bits per heavy atom. The molecule has 0 unspecified atom stereocenters. The average Bonchev–Trinajstić information content (AvgIpc) is 2.23. The van der Waals surface area contributed by atoms with Gasteiger partial charge in [-0.15, -0.1) is 0 Å². The van der Waals surface area contributed by atoms with Gasteiger partial charge in [0.2, 0.25) is 0 Å². The summed E-state index contributed by atoms with van der Waals surface area (Å²) in [5, 5.41) is 8.60. The molecule has 13 heavy (non-hydrogen) atoms. The van der Waals surface area contributed by atoms with Gasteiger partial charge in [-0.05, 0) is 0 Å². The van der Waals surface area contributed by atoms with E-state index in [-0.39, 0.29) is 6.61 Å². The molecule has 0 aliphatic carbocycles. The maximum atomic E-state index is 8.60. The second kappa shape index (κ2) is 7.64. The van der Waals surface area contributed by atoms with E-state index in [1.165, 1.54) is 0 Å². The van der Waals surface area contributed by atoms with Gasteiger partial charge in [0.05, 0.1) is 6.61 Å². The Morgan fingerprint density at radius 1 is 1.31 bits per heavy atom. The Kier molecular flexibility index (Phi) is 7.05. The standard InChI is InChI=1S/C7H10N2O2.C2H6/c1-11-5-6-2-8-7(4-10)9-3-6;1-2/h2-3,10H,4-5H2,1H3;1-2H3. The van der Waals surface area contributed by atoms with Crippen LogP contribution in [0.15, 0.2) is 12.4 Å². The largest absolute Gasteiger partial charge is 0.388 e. The number of hydrogen-bond acceptors (Lipinski definition) is 4. The molecule has 0 fully saturated rings. The van der Waals surface area contributed by atoms with Gasteiger partial charge in [0, 0.05) is 25.1 Å². The van der Waals surface area contributed by atoms with E-state index < -0.39 is 0 Å². The van der Waals surface area contributed by atoms with Gasteiger partial charge in [-0.25, -0.2) is 9.97 Å². The van der Waals surface area contributed by atoms with Crippen LogP contribution in [0.25, 0.3) is 0 Å². The zero-order valence-electron chi connectivity index (χ0n) is 8.32. The summed E-state index contributed by atoms with van der Waals surface area (Å²) in [7, 11) is 1.61. The molecule has 1 rings (SSSR count). The third-order valence-electron chi connectivity index (χ3n) is 1.21. The first kappa shape index (κ1) is 12.0. The van der Waals surface area contributed by atoms with Crippen LogP contribution in [-0.4, -0.2) is 22.2 Å². The number of rotatable bonds is 3. The van der Waals surface area contributed by atoms with Gasteiger partial charge in [-0.1, -0.05) is 13.8 Å². The lowest BCUT2D eigenvalue weighted by atomic mass is 10.4. The Hall–Kier alpha value is -1.00. The summed E-state index contributed by atoms with van der Waals surface area (Å²) >= 11 is 0. The Morgan fingerprint density at radius 3 is 2.23 bits per heavy atom. The summed E-state index contributed by atoms with van der Waals surface area (Å²) in [6.07, 6.45) is 3.28. The average molecular weight is 184 g/mol. The van der Waals surface area contributed by atoms with Gasteiger partial charge >= 0.3 is 0 Å². The van der Waals surface area contributed by atoms with Gasteiger partial charge in [0.15, 0.2) is 5.82 Å². The first-order valence-electron chi connectivity index (χ1n) is 4.26. The number of methoxy groups -OCH3 is 1. The first-order chi connectivity index (χ1) is 6.36.